The number of nitrogens with one attached hydrogen (secondary N) is 3. The number of halogens is 2. The molecule has 16 heteroatoms. The van der Waals surface area contributed by atoms with Crippen molar-refractivity contribution in [1.82, 2.24) is 35.5 Å². The predicted octanol–water partition coefficient (Wildman–Crippen LogP) is 4.68. The Kier molecular flexibility index (Phi) is 8.97. The molecule has 0 aliphatic carbocycles. The summed E-state index contributed by atoms with van der Waals surface area (Å²) in [5.41, 5.74) is 2.80. The summed E-state index contributed by atoms with van der Waals surface area (Å²) in [5, 5.41) is 19.9. The number of tetrazole rings is 1. The average molecular weight is 658 g/mol. The van der Waals surface area contributed by atoms with Crippen molar-refractivity contribution in [1.29, 1.82) is 0 Å². The first kappa shape index (κ1) is 31.0. The van der Waals surface area contributed by atoms with Gasteiger partial charge in [-0.1, -0.05) is 11.6 Å². The van der Waals surface area contributed by atoms with E-state index in [1.807, 2.05) is 0 Å². The number of methoxy groups -OCH3 is 1. The Morgan fingerprint density at radius 1 is 1.17 bits per heavy atom. The van der Waals surface area contributed by atoms with Crippen molar-refractivity contribution in [2.75, 3.05) is 17.7 Å². The van der Waals surface area contributed by atoms with E-state index in [-0.39, 0.29) is 36.6 Å². The van der Waals surface area contributed by atoms with Crippen LogP contribution in [0.5, 0.6) is 0 Å². The Morgan fingerprint density at radius 3 is 2.85 bits per heavy atom. The fourth-order valence-corrected chi connectivity index (χ4v) is 5.06. The van der Waals surface area contributed by atoms with Gasteiger partial charge >= 0.3 is 6.09 Å². The normalized spacial score (nSPS) is 14.5. The van der Waals surface area contributed by atoms with E-state index in [1.54, 1.807) is 36.4 Å². The van der Waals surface area contributed by atoms with Crippen LogP contribution in [0.3, 0.4) is 0 Å². The molecule has 1 aliphatic rings. The van der Waals surface area contributed by atoms with E-state index in [1.165, 1.54) is 48.6 Å². The maximum absolute atomic E-state index is 14.7. The highest BCUT2D eigenvalue weighted by Gasteiger charge is 2.24. The molecular weight excluding hydrogens is 633 g/mol. The summed E-state index contributed by atoms with van der Waals surface area (Å²) in [6, 6.07) is 11.7. The molecule has 238 valence electrons. The summed E-state index contributed by atoms with van der Waals surface area (Å²) in [6.45, 7) is 0. The minimum atomic E-state index is -0.827. The molecule has 3 amide bonds. The summed E-state index contributed by atoms with van der Waals surface area (Å²) in [4.78, 5) is 46.9. The zero-order valence-corrected chi connectivity index (χ0v) is 25.4. The molecule has 4 bridgehead atoms. The molecule has 3 N–H and O–H groups in total. The predicted molar refractivity (Wildman–Crippen MR) is 167 cm³/mol. The lowest BCUT2D eigenvalue weighted by atomic mass is 10.1. The lowest BCUT2D eigenvalue weighted by molar-refractivity contribution is -0.117. The molecule has 0 radical (unpaired) electrons. The number of hydrogen-bond acceptors (Lipinski definition) is 10. The molecule has 0 saturated heterocycles. The molecule has 47 heavy (non-hydrogen) atoms. The third-order valence-corrected chi connectivity index (χ3v) is 7.34. The molecule has 0 spiro atoms. The Balaban J connectivity index is 1.34. The number of oxazole rings is 1. The van der Waals surface area contributed by atoms with E-state index in [0.717, 1.165) is 0 Å². The molecule has 4 heterocycles. The number of carbonyl (C=O) groups excluding carboxylic acids is 3. The maximum atomic E-state index is 14.7. The zero-order valence-electron chi connectivity index (χ0n) is 24.6. The number of nitrogens with zero attached hydrogens (tertiary/aromatic N) is 6. The molecule has 2 aromatic carbocycles. The van der Waals surface area contributed by atoms with E-state index >= 15 is 0 Å². The Labute approximate surface area is 271 Å². The molecule has 5 aromatic rings. The highest BCUT2D eigenvalue weighted by molar-refractivity contribution is 6.30. The van der Waals surface area contributed by atoms with Gasteiger partial charge in [-0.15, -0.1) is 5.10 Å². The second-order valence-electron chi connectivity index (χ2n) is 10.3. The lowest BCUT2D eigenvalue weighted by Crippen LogP contribution is -2.29. The summed E-state index contributed by atoms with van der Waals surface area (Å²) in [7, 11) is 1.23. The van der Waals surface area contributed by atoms with Gasteiger partial charge in [0.1, 0.15) is 18.2 Å². The minimum absolute atomic E-state index is 0.0180. The first-order valence-corrected chi connectivity index (χ1v) is 14.5. The number of hydrogen-bond donors (Lipinski definition) is 3. The number of carbonyl (C=O) groups is 3. The van der Waals surface area contributed by atoms with Gasteiger partial charge in [0.2, 0.25) is 17.7 Å². The van der Waals surface area contributed by atoms with Gasteiger partial charge in [0.05, 0.1) is 30.4 Å². The number of ether oxygens (including phenoxy) is 1. The van der Waals surface area contributed by atoms with Crippen molar-refractivity contribution < 1.29 is 27.9 Å². The fourth-order valence-electron chi connectivity index (χ4n) is 4.88. The molecule has 1 atom stereocenters. The van der Waals surface area contributed by atoms with E-state index in [9.17, 15) is 18.8 Å². The van der Waals surface area contributed by atoms with Crippen LogP contribution in [-0.4, -0.2) is 55.2 Å². The summed E-state index contributed by atoms with van der Waals surface area (Å²) in [5.74, 6) is -1.06. The van der Waals surface area contributed by atoms with Crippen LogP contribution < -0.4 is 16.0 Å². The third kappa shape index (κ3) is 7.31. The number of fused-ring (bicyclic) bond motifs is 6. The number of pyridine rings is 1. The molecular formula is C31H25ClFN9O5. The van der Waals surface area contributed by atoms with E-state index < -0.39 is 29.8 Å². The molecule has 1 aliphatic heterocycles. The smallest absolute Gasteiger partial charge is 0.411 e. The highest BCUT2D eigenvalue weighted by atomic mass is 35.5. The molecule has 14 nitrogen and oxygen atoms in total. The Hall–Kier alpha value is -5.96. The highest BCUT2D eigenvalue weighted by Crippen LogP contribution is 2.33. The minimum Gasteiger partial charge on any atom is -0.453 e. The molecule has 3 aromatic heterocycles. The maximum Gasteiger partial charge on any atom is 0.411 e. The Bertz CT molecular complexity index is 2000. The van der Waals surface area contributed by atoms with Gasteiger partial charge < -0.3 is 19.8 Å². The van der Waals surface area contributed by atoms with Gasteiger partial charge in [-0.25, -0.2) is 14.2 Å². The van der Waals surface area contributed by atoms with Gasteiger partial charge in [0.15, 0.2) is 5.76 Å². The van der Waals surface area contributed by atoms with Gasteiger partial charge in [0.25, 0.3) is 0 Å². The van der Waals surface area contributed by atoms with Crippen molar-refractivity contribution in [3.8, 4) is 17.0 Å². The SMILES string of the molecule is COC(=O)Nc1ccc2c(c1)NC(=O)CCc1nc(ccc1F)CC(NC(=O)/C=C/c1cc(Cl)ccc1-n1cnnn1)c1ncc-2o1. The van der Waals surface area contributed by atoms with Crippen LogP contribution >= 0.6 is 11.6 Å². The van der Waals surface area contributed by atoms with Crippen LogP contribution in [0.25, 0.3) is 23.1 Å². The third-order valence-electron chi connectivity index (χ3n) is 7.11. The zero-order chi connectivity index (χ0) is 32.9. The van der Waals surface area contributed by atoms with Crippen molar-refractivity contribution in [3.05, 3.63) is 101 Å². The first-order chi connectivity index (χ1) is 22.7. The number of rotatable bonds is 5. The lowest BCUT2D eigenvalue weighted by Gasteiger charge is -2.16. The van der Waals surface area contributed by atoms with Crippen LogP contribution in [0.15, 0.2) is 71.5 Å². The standard InChI is InChI=1S/C31H25ClFN9O5/c1-46-31(45)37-20-4-6-21-24(13-20)38-29(44)11-8-23-22(33)7-5-19(36-23)14-25(30-34-15-27(21)47-30)39-28(43)10-2-17-12-18(32)3-9-26(17)42-16-35-40-41-42/h2-7,9-10,12-13,15-16,25H,8,11,14H2,1H3,(H,37,45)(H,38,44)(H,39,43)/b10-2+. The summed E-state index contributed by atoms with van der Waals surface area (Å²) >= 11 is 6.21. The first-order valence-electron chi connectivity index (χ1n) is 14.2. The topological polar surface area (TPSA) is 179 Å². The van der Waals surface area contributed by atoms with E-state index in [2.05, 4.69) is 46.2 Å². The van der Waals surface area contributed by atoms with Gasteiger partial charge in [0, 0.05) is 52.9 Å². The molecule has 6 rings (SSSR count). The van der Waals surface area contributed by atoms with Crippen LogP contribution in [0.4, 0.5) is 20.6 Å². The van der Waals surface area contributed by atoms with Gasteiger partial charge in [-0.05, 0) is 65.0 Å². The molecule has 1 unspecified atom stereocenters. The quantitative estimate of drug-likeness (QED) is 0.225. The van der Waals surface area contributed by atoms with Crippen LogP contribution in [0.2, 0.25) is 5.02 Å². The molecule has 0 saturated carbocycles. The summed E-state index contributed by atoms with van der Waals surface area (Å²) < 4.78 is 27.0. The van der Waals surface area contributed by atoms with Gasteiger partial charge in [-0.3, -0.25) is 19.9 Å². The number of benzene rings is 2. The number of amides is 3. The number of aromatic nitrogens is 6. The largest absolute Gasteiger partial charge is 0.453 e. The van der Waals surface area contributed by atoms with Crippen molar-refractivity contribution >= 4 is 47.0 Å². The average Bonchev–Trinajstić information content (AvgIpc) is 3.77. The van der Waals surface area contributed by atoms with E-state index in [0.29, 0.717) is 38.9 Å². The monoisotopic (exact) mass is 657 g/mol. The van der Waals surface area contributed by atoms with Crippen molar-refractivity contribution in [2.45, 2.75) is 25.3 Å². The second-order valence-corrected chi connectivity index (χ2v) is 10.7. The number of aryl methyl sites for hydroxylation is 1. The van der Waals surface area contributed by atoms with Crippen LogP contribution in [-0.2, 0) is 27.2 Å². The second kappa shape index (κ2) is 13.6. The molecule has 0 fully saturated rings. The van der Waals surface area contributed by atoms with Gasteiger partial charge in [-0.2, -0.15) is 4.68 Å². The van der Waals surface area contributed by atoms with Crippen molar-refractivity contribution in [3.63, 3.8) is 0 Å². The fraction of sp³-hybridized carbons (Fsp3) is 0.161. The number of anilines is 2. The van der Waals surface area contributed by atoms with E-state index in [4.69, 9.17) is 16.0 Å². The van der Waals surface area contributed by atoms with Crippen LogP contribution in [0, 0.1) is 5.82 Å². The summed E-state index contributed by atoms with van der Waals surface area (Å²) in [6.07, 6.45) is 5.09. The Morgan fingerprint density at radius 2 is 2.04 bits per heavy atom. The van der Waals surface area contributed by atoms with Crippen LogP contribution in [0.1, 0.15) is 35.3 Å². The van der Waals surface area contributed by atoms with Crippen molar-refractivity contribution in [2.24, 2.45) is 0 Å².